The fourth-order valence-corrected chi connectivity index (χ4v) is 2.52. The van der Waals surface area contributed by atoms with Crippen LogP contribution in [0.25, 0.3) is 0 Å². The molecule has 0 fully saturated rings. The van der Waals surface area contributed by atoms with Crippen LogP contribution in [-0.2, 0) is 0 Å². The average molecular weight is 254 g/mol. The van der Waals surface area contributed by atoms with E-state index < -0.39 is 0 Å². The van der Waals surface area contributed by atoms with Gasteiger partial charge < -0.3 is 9.80 Å². The minimum atomic E-state index is 0.554. The minimum Gasteiger partial charge on any atom is -0.374 e. The van der Waals surface area contributed by atoms with E-state index in [4.69, 9.17) is 0 Å². The molecule has 0 aliphatic heterocycles. The molecule has 0 saturated carbocycles. The van der Waals surface area contributed by atoms with Gasteiger partial charge in [-0.1, -0.05) is 33.3 Å². The van der Waals surface area contributed by atoms with E-state index in [2.05, 4.69) is 51.1 Å². The molecule has 0 aliphatic rings. The number of hydrogen-bond donors (Lipinski definition) is 0. The molecule has 0 radical (unpaired) electrons. The summed E-state index contributed by atoms with van der Waals surface area (Å²) in [5.74, 6) is 0.876. The standard InChI is InChI=1S/C16H34N2/c1-7-10-16(11-8-2)14-17(6)12-13-18(9-3)15(4)5/h9,15-16H,3,7-8,10-14H2,1-2,4-6H3. The van der Waals surface area contributed by atoms with E-state index >= 15 is 0 Å². The fourth-order valence-electron chi connectivity index (χ4n) is 2.52. The molecule has 108 valence electrons. The van der Waals surface area contributed by atoms with Crippen LogP contribution in [0, 0.1) is 5.92 Å². The van der Waals surface area contributed by atoms with Gasteiger partial charge in [0.1, 0.15) is 0 Å². The Morgan fingerprint density at radius 2 is 1.61 bits per heavy atom. The van der Waals surface area contributed by atoms with Gasteiger partial charge in [-0.2, -0.15) is 0 Å². The van der Waals surface area contributed by atoms with Gasteiger partial charge in [-0.05, 0) is 45.9 Å². The van der Waals surface area contributed by atoms with Gasteiger partial charge >= 0.3 is 0 Å². The summed E-state index contributed by atoms with van der Waals surface area (Å²) >= 11 is 0. The van der Waals surface area contributed by atoms with Crippen molar-refractivity contribution in [3.8, 4) is 0 Å². The van der Waals surface area contributed by atoms with Crippen molar-refractivity contribution < 1.29 is 0 Å². The molecule has 0 bridgehead atoms. The second-order valence-corrected chi connectivity index (χ2v) is 5.72. The minimum absolute atomic E-state index is 0.554. The van der Waals surface area contributed by atoms with Crippen molar-refractivity contribution in [1.82, 2.24) is 9.80 Å². The van der Waals surface area contributed by atoms with Gasteiger partial charge in [-0.3, -0.25) is 0 Å². The topological polar surface area (TPSA) is 6.48 Å². The SMILES string of the molecule is C=CN(CCN(C)CC(CCC)CCC)C(C)C. The van der Waals surface area contributed by atoms with Crippen LogP contribution in [0.2, 0.25) is 0 Å². The Hall–Kier alpha value is -0.500. The number of nitrogens with zero attached hydrogens (tertiary/aromatic N) is 2. The highest BCUT2D eigenvalue weighted by atomic mass is 15.2. The van der Waals surface area contributed by atoms with Crippen molar-refractivity contribution in [2.24, 2.45) is 5.92 Å². The van der Waals surface area contributed by atoms with Gasteiger partial charge in [0.2, 0.25) is 0 Å². The molecule has 0 aromatic carbocycles. The van der Waals surface area contributed by atoms with Crippen LogP contribution in [-0.4, -0.2) is 42.5 Å². The molecule has 0 amide bonds. The Balaban J connectivity index is 3.99. The predicted molar refractivity (Wildman–Crippen MR) is 82.8 cm³/mol. The van der Waals surface area contributed by atoms with E-state index in [1.54, 1.807) is 0 Å². The van der Waals surface area contributed by atoms with E-state index in [9.17, 15) is 0 Å². The molecule has 2 nitrogen and oxygen atoms in total. The molecule has 0 aromatic rings. The van der Waals surface area contributed by atoms with Crippen molar-refractivity contribution >= 4 is 0 Å². The lowest BCUT2D eigenvalue weighted by Gasteiger charge is -2.29. The van der Waals surface area contributed by atoms with Crippen molar-refractivity contribution in [3.63, 3.8) is 0 Å². The molecule has 0 rings (SSSR count). The van der Waals surface area contributed by atoms with Crippen molar-refractivity contribution in [2.45, 2.75) is 59.4 Å². The maximum Gasteiger partial charge on any atom is 0.0302 e. The second-order valence-electron chi connectivity index (χ2n) is 5.72. The van der Waals surface area contributed by atoms with E-state index in [0.29, 0.717) is 6.04 Å². The summed E-state index contributed by atoms with van der Waals surface area (Å²) in [6.07, 6.45) is 7.32. The molecule has 0 N–H and O–H groups in total. The first kappa shape index (κ1) is 17.5. The summed E-state index contributed by atoms with van der Waals surface area (Å²) in [5.41, 5.74) is 0. The number of likely N-dealkylation sites (N-methyl/N-ethyl adjacent to an activating group) is 1. The summed E-state index contributed by atoms with van der Waals surface area (Å²) in [6, 6.07) is 0.554. The largest absolute Gasteiger partial charge is 0.374 e. The van der Waals surface area contributed by atoms with Gasteiger partial charge in [-0.15, -0.1) is 0 Å². The van der Waals surface area contributed by atoms with Gasteiger partial charge in [-0.25, -0.2) is 0 Å². The smallest absolute Gasteiger partial charge is 0.0302 e. The lowest BCUT2D eigenvalue weighted by Crippen LogP contribution is -2.36. The van der Waals surface area contributed by atoms with Crippen LogP contribution in [0.3, 0.4) is 0 Å². The van der Waals surface area contributed by atoms with Gasteiger partial charge in [0.25, 0.3) is 0 Å². The average Bonchev–Trinajstić information content (AvgIpc) is 2.30. The maximum atomic E-state index is 3.89. The van der Waals surface area contributed by atoms with Crippen molar-refractivity contribution in [1.29, 1.82) is 0 Å². The van der Waals surface area contributed by atoms with Crippen LogP contribution in [0.15, 0.2) is 12.8 Å². The molecule has 0 spiro atoms. The van der Waals surface area contributed by atoms with Crippen LogP contribution in [0.4, 0.5) is 0 Å². The van der Waals surface area contributed by atoms with Crippen LogP contribution in [0.5, 0.6) is 0 Å². The Morgan fingerprint density at radius 1 is 1.06 bits per heavy atom. The zero-order chi connectivity index (χ0) is 14.0. The van der Waals surface area contributed by atoms with Gasteiger partial charge in [0.15, 0.2) is 0 Å². The monoisotopic (exact) mass is 254 g/mol. The van der Waals surface area contributed by atoms with Crippen LogP contribution < -0.4 is 0 Å². The Bertz CT molecular complexity index is 195. The first-order valence-electron chi connectivity index (χ1n) is 7.61. The third kappa shape index (κ3) is 7.75. The van der Waals surface area contributed by atoms with Crippen LogP contribution >= 0.6 is 0 Å². The third-order valence-electron chi connectivity index (χ3n) is 3.60. The Morgan fingerprint density at radius 3 is 2.00 bits per heavy atom. The molecule has 0 aromatic heterocycles. The Labute approximate surface area is 115 Å². The maximum absolute atomic E-state index is 3.89. The van der Waals surface area contributed by atoms with Crippen molar-refractivity contribution in [3.05, 3.63) is 12.8 Å². The van der Waals surface area contributed by atoms with E-state index in [1.165, 1.54) is 32.2 Å². The zero-order valence-corrected chi connectivity index (χ0v) is 13.3. The summed E-state index contributed by atoms with van der Waals surface area (Å²) in [7, 11) is 2.25. The second kappa shape index (κ2) is 10.4. The summed E-state index contributed by atoms with van der Waals surface area (Å²) in [5, 5.41) is 0. The molecule has 0 saturated heterocycles. The molecule has 2 heteroatoms. The van der Waals surface area contributed by atoms with Crippen LogP contribution in [0.1, 0.15) is 53.4 Å². The molecular formula is C16H34N2. The summed E-state index contributed by atoms with van der Waals surface area (Å²) in [4.78, 5) is 4.79. The summed E-state index contributed by atoms with van der Waals surface area (Å²) in [6.45, 7) is 16.4. The van der Waals surface area contributed by atoms with E-state index in [1.807, 2.05) is 6.20 Å². The van der Waals surface area contributed by atoms with Gasteiger partial charge in [0.05, 0.1) is 0 Å². The highest BCUT2D eigenvalue weighted by Gasteiger charge is 2.11. The quantitative estimate of drug-likeness (QED) is 0.550. The highest BCUT2D eigenvalue weighted by molar-refractivity contribution is 4.75. The van der Waals surface area contributed by atoms with E-state index in [-0.39, 0.29) is 0 Å². The predicted octanol–water partition coefficient (Wildman–Crippen LogP) is 3.99. The first-order chi connectivity index (χ1) is 8.54. The molecule has 0 unspecified atom stereocenters. The summed E-state index contributed by atoms with van der Waals surface area (Å²) < 4.78 is 0. The zero-order valence-electron chi connectivity index (χ0n) is 13.3. The number of hydrogen-bond acceptors (Lipinski definition) is 2. The van der Waals surface area contributed by atoms with E-state index in [0.717, 1.165) is 19.0 Å². The Kier molecular flexibility index (Phi) is 10.1. The molecular weight excluding hydrogens is 220 g/mol. The third-order valence-corrected chi connectivity index (χ3v) is 3.60. The fraction of sp³-hybridized carbons (Fsp3) is 0.875. The normalized spacial score (nSPS) is 11.6. The van der Waals surface area contributed by atoms with Crippen molar-refractivity contribution in [2.75, 3.05) is 26.7 Å². The highest BCUT2D eigenvalue weighted by Crippen LogP contribution is 2.14. The molecule has 18 heavy (non-hydrogen) atoms. The molecule has 0 aliphatic carbocycles. The molecule has 0 heterocycles. The lowest BCUT2D eigenvalue weighted by molar-refractivity contribution is 0.215. The van der Waals surface area contributed by atoms with Gasteiger partial charge in [0, 0.05) is 25.7 Å². The lowest BCUT2D eigenvalue weighted by atomic mass is 9.98. The first-order valence-corrected chi connectivity index (χ1v) is 7.61. The molecule has 0 atom stereocenters. The number of rotatable bonds is 11.